The molecule has 0 bridgehead atoms. The molecular formula is C14H16N2O4. The Bertz CT molecular complexity index is 552. The summed E-state index contributed by atoms with van der Waals surface area (Å²) in [6.07, 6.45) is 0.824. The van der Waals surface area contributed by atoms with Crippen LogP contribution in [-0.2, 0) is 4.79 Å². The van der Waals surface area contributed by atoms with Crippen LogP contribution in [0.5, 0.6) is 5.75 Å². The van der Waals surface area contributed by atoms with Gasteiger partial charge < -0.3 is 20.1 Å². The first-order chi connectivity index (χ1) is 9.68. The predicted octanol–water partition coefficient (Wildman–Crippen LogP) is 0.720. The van der Waals surface area contributed by atoms with Crippen molar-refractivity contribution in [2.24, 2.45) is 5.92 Å². The summed E-state index contributed by atoms with van der Waals surface area (Å²) in [5.41, 5.74) is 0.664. The standard InChI is InChI=1S/C14H16N2O4/c17-13(9-4-5-15-8-9)16-6-7-20-12-10(14(18)19)2-1-3-11(12)16/h1-3,9,15H,4-8H2,(H,18,19). The Morgan fingerprint density at radius 2 is 2.25 bits per heavy atom. The number of para-hydroxylation sites is 1. The Kier molecular flexibility index (Phi) is 3.31. The van der Waals surface area contributed by atoms with Crippen molar-refractivity contribution in [3.63, 3.8) is 0 Å². The molecule has 2 aliphatic rings. The number of rotatable bonds is 2. The molecule has 0 spiro atoms. The zero-order valence-corrected chi connectivity index (χ0v) is 11.0. The van der Waals surface area contributed by atoms with Crippen molar-refractivity contribution < 1.29 is 19.4 Å². The molecule has 20 heavy (non-hydrogen) atoms. The molecule has 1 aromatic rings. The third-order valence-corrected chi connectivity index (χ3v) is 3.75. The molecular weight excluding hydrogens is 260 g/mol. The second-order valence-corrected chi connectivity index (χ2v) is 4.99. The quantitative estimate of drug-likeness (QED) is 0.832. The fraction of sp³-hybridized carbons (Fsp3) is 0.429. The van der Waals surface area contributed by atoms with Crippen LogP contribution in [0.4, 0.5) is 5.69 Å². The summed E-state index contributed by atoms with van der Waals surface area (Å²) in [5, 5.41) is 12.4. The number of hydrogen-bond donors (Lipinski definition) is 2. The zero-order valence-electron chi connectivity index (χ0n) is 11.0. The minimum absolute atomic E-state index is 0.0329. The van der Waals surface area contributed by atoms with Gasteiger partial charge in [0.25, 0.3) is 0 Å². The summed E-state index contributed by atoms with van der Waals surface area (Å²) in [6.45, 7) is 2.32. The molecule has 2 aliphatic heterocycles. The van der Waals surface area contributed by atoms with Gasteiger partial charge in [0.1, 0.15) is 12.2 Å². The highest BCUT2D eigenvalue weighted by atomic mass is 16.5. The van der Waals surface area contributed by atoms with Gasteiger partial charge in [0.2, 0.25) is 5.91 Å². The number of fused-ring (bicyclic) bond motifs is 1. The average molecular weight is 276 g/mol. The number of carboxylic acid groups (broad SMARTS) is 1. The summed E-state index contributed by atoms with van der Waals surface area (Å²) < 4.78 is 5.47. The van der Waals surface area contributed by atoms with Gasteiger partial charge in [0.05, 0.1) is 18.2 Å². The highest BCUT2D eigenvalue weighted by Gasteiger charge is 2.32. The number of carboxylic acids is 1. The molecule has 1 atom stereocenters. The van der Waals surface area contributed by atoms with Gasteiger partial charge in [0, 0.05) is 6.54 Å². The highest BCUT2D eigenvalue weighted by molar-refractivity contribution is 6.01. The molecule has 1 saturated heterocycles. The van der Waals surface area contributed by atoms with E-state index in [4.69, 9.17) is 4.74 Å². The Labute approximate surface area is 116 Å². The molecule has 106 valence electrons. The van der Waals surface area contributed by atoms with E-state index in [2.05, 4.69) is 5.32 Å². The van der Waals surface area contributed by atoms with Gasteiger partial charge >= 0.3 is 5.97 Å². The van der Waals surface area contributed by atoms with Crippen LogP contribution < -0.4 is 15.0 Å². The van der Waals surface area contributed by atoms with Crippen molar-refractivity contribution in [1.29, 1.82) is 0 Å². The molecule has 1 amide bonds. The lowest BCUT2D eigenvalue weighted by atomic mass is 10.0. The lowest BCUT2D eigenvalue weighted by molar-refractivity contribution is -0.122. The van der Waals surface area contributed by atoms with E-state index in [1.165, 1.54) is 6.07 Å². The van der Waals surface area contributed by atoms with E-state index >= 15 is 0 Å². The predicted molar refractivity (Wildman–Crippen MR) is 72.2 cm³/mol. The Morgan fingerprint density at radius 1 is 1.40 bits per heavy atom. The first kappa shape index (κ1) is 12.9. The van der Waals surface area contributed by atoms with Crippen LogP contribution in [0.2, 0.25) is 0 Å². The molecule has 6 nitrogen and oxygen atoms in total. The first-order valence-electron chi connectivity index (χ1n) is 6.69. The summed E-state index contributed by atoms with van der Waals surface area (Å²) in [4.78, 5) is 25.4. The molecule has 3 rings (SSSR count). The number of ether oxygens (including phenoxy) is 1. The van der Waals surface area contributed by atoms with E-state index in [9.17, 15) is 14.7 Å². The van der Waals surface area contributed by atoms with Crippen molar-refractivity contribution >= 4 is 17.6 Å². The third kappa shape index (κ3) is 2.12. The van der Waals surface area contributed by atoms with E-state index in [0.717, 1.165) is 13.0 Å². The number of aromatic carboxylic acids is 1. The maximum Gasteiger partial charge on any atom is 0.339 e. The van der Waals surface area contributed by atoms with Crippen LogP contribution in [0.1, 0.15) is 16.8 Å². The summed E-state index contributed by atoms with van der Waals surface area (Å²) >= 11 is 0. The van der Waals surface area contributed by atoms with Crippen molar-refractivity contribution in [1.82, 2.24) is 5.32 Å². The summed E-state index contributed by atoms with van der Waals surface area (Å²) in [5.74, 6) is -0.735. The Balaban J connectivity index is 1.95. The molecule has 2 N–H and O–H groups in total. The van der Waals surface area contributed by atoms with Gasteiger partial charge in [0.15, 0.2) is 5.75 Å². The van der Waals surface area contributed by atoms with Gasteiger partial charge in [-0.3, -0.25) is 4.79 Å². The van der Waals surface area contributed by atoms with Gasteiger partial charge in [-0.05, 0) is 25.1 Å². The normalized spacial score (nSPS) is 21.2. The number of nitrogens with one attached hydrogen (secondary N) is 1. The third-order valence-electron chi connectivity index (χ3n) is 3.75. The summed E-state index contributed by atoms with van der Waals surface area (Å²) in [6, 6.07) is 4.87. The maximum absolute atomic E-state index is 12.5. The van der Waals surface area contributed by atoms with Crippen LogP contribution in [-0.4, -0.2) is 43.2 Å². The highest BCUT2D eigenvalue weighted by Crippen LogP contribution is 2.36. The largest absolute Gasteiger partial charge is 0.489 e. The fourth-order valence-corrected chi connectivity index (χ4v) is 2.73. The van der Waals surface area contributed by atoms with Crippen molar-refractivity contribution in [3.05, 3.63) is 23.8 Å². The van der Waals surface area contributed by atoms with Crippen LogP contribution in [0.15, 0.2) is 18.2 Å². The molecule has 1 unspecified atom stereocenters. The van der Waals surface area contributed by atoms with Crippen LogP contribution >= 0.6 is 0 Å². The molecule has 1 aromatic carbocycles. The van der Waals surface area contributed by atoms with Gasteiger partial charge in [-0.25, -0.2) is 4.79 Å². The lowest BCUT2D eigenvalue weighted by Gasteiger charge is -2.31. The number of anilines is 1. The van der Waals surface area contributed by atoms with E-state index < -0.39 is 5.97 Å². The molecule has 1 fully saturated rings. The number of carbonyl (C=O) groups is 2. The lowest BCUT2D eigenvalue weighted by Crippen LogP contribution is -2.42. The first-order valence-corrected chi connectivity index (χ1v) is 6.69. The summed E-state index contributed by atoms with van der Waals surface area (Å²) in [7, 11) is 0. The number of nitrogens with zero attached hydrogens (tertiary/aromatic N) is 1. The number of amides is 1. The van der Waals surface area contributed by atoms with Crippen LogP contribution in [0, 0.1) is 5.92 Å². The fourth-order valence-electron chi connectivity index (χ4n) is 2.73. The number of carbonyl (C=O) groups excluding carboxylic acids is 1. The minimum Gasteiger partial charge on any atom is -0.489 e. The van der Waals surface area contributed by atoms with Crippen molar-refractivity contribution in [2.45, 2.75) is 6.42 Å². The molecule has 2 heterocycles. The number of hydrogen-bond acceptors (Lipinski definition) is 4. The van der Waals surface area contributed by atoms with Crippen LogP contribution in [0.25, 0.3) is 0 Å². The second-order valence-electron chi connectivity index (χ2n) is 4.99. The topological polar surface area (TPSA) is 78.9 Å². The Hall–Kier alpha value is -2.08. The average Bonchev–Trinajstić information content (AvgIpc) is 2.99. The monoisotopic (exact) mass is 276 g/mol. The van der Waals surface area contributed by atoms with E-state index in [1.807, 2.05) is 0 Å². The molecule has 0 aromatic heterocycles. The maximum atomic E-state index is 12.5. The van der Waals surface area contributed by atoms with Crippen molar-refractivity contribution in [2.75, 3.05) is 31.1 Å². The molecule has 0 radical (unpaired) electrons. The zero-order chi connectivity index (χ0) is 14.1. The van der Waals surface area contributed by atoms with Gasteiger partial charge in [-0.2, -0.15) is 0 Å². The molecule has 0 aliphatic carbocycles. The number of benzene rings is 1. The smallest absolute Gasteiger partial charge is 0.339 e. The molecule has 0 saturated carbocycles. The SMILES string of the molecule is O=C(O)c1cccc2c1OCCN2C(=O)C1CCNC1. The van der Waals surface area contributed by atoms with Gasteiger partial charge in [-0.1, -0.05) is 6.07 Å². The second kappa shape index (κ2) is 5.13. The molecule has 6 heteroatoms. The minimum atomic E-state index is -1.04. The van der Waals surface area contributed by atoms with E-state index in [1.54, 1.807) is 17.0 Å². The Morgan fingerprint density at radius 3 is 2.95 bits per heavy atom. The van der Waals surface area contributed by atoms with Gasteiger partial charge in [-0.15, -0.1) is 0 Å². The van der Waals surface area contributed by atoms with Crippen molar-refractivity contribution in [3.8, 4) is 5.75 Å². The van der Waals surface area contributed by atoms with E-state index in [-0.39, 0.29) is 17.4 Å². The van der Waals surface area contributed by atoms with E-state index in [0.29, 0.717) is 31.1 Å². The van der Waals surface area contributed by atoms with Crippen LogP contribution in [0.3, 0.4) is 0 Å².